The van der Waals surface area contributed by atoms with Crippen molar-refractivity contribution >= 4 is 5.69 Å². The molecule has 0 aromatic heterocycles. The second-order valence-electron chi connectivity index (χ2n) is 4.61. The van der Waals surface area contributed by atoms with Crippen LogP contribution in [0.3, 0.4) is 0 Å². The molecule has 2 rings (SSSR count). The summed E-state index contributed by atoms with van der Waals surface area (Å²) in [4.78, 5) is 0. The number of ether oxygens (including phenoxy) is 2. The molecule has 1 atom stereocenters. The SMILES string of the molecule is COc1ccc(C(C)Nc2cccc(OCC#N)c2)cc1. The molecule has 0 radical (unpaired) electrons. The summed E-state index contributed by atoms with van der Waals surface area (Å²) in [6, 6.07) is 17.7. The van der Waals surface area contributed by atoms with Crippen molar-refractivity contribution in [2.24, 2.45) is 0 Å². The second-order valence-corrected chi connectivity index (χ2v) is 4.61. The van der Waals surface area contributed by atoms with Gasteiger partial charge in [0.25, 0.3) is 0 Å². The van der Waals surface area contributed by atoms with Gasteiger partial charge in [-0.15, -0.1) is 0 Å². The molecule has 4 heteroatoms. The molecule has 0 aliphatic carbocycles. The number of nitrogens with zero attached hydrogens (tertiary/aromatic N) is 1. The number of nitrogens with one attached hydrogen (secondary N) is 1. The van der Waals surface area contributed by atoms with Gasteiger partial charge in [0.15, 0.2) is 6.61 Å². The standard InChI is InChI=1S/C17H18N2O2/c1-13(14-6-8-16(20-2)9-7-14)19-15-4-3-5-17(12-15)21-11-10-18/h3-9,12-13,19H,11H2,1-2H3. The van der Waals surface area contributed by atoms with Crippen LogP contribution < -0.4 is 14.8 Å². The zero-order valence-corrected chi connectivity index (χ0v) is 12.2. The Labute approximate surface area is 124 Å². The van der Waals surface area contributed by atoms with Crippen LogP contribution in [0.5, 0.6) is 11.5 Å². The molecule has 1 unspecified atom stereocenters. The van der Waals surface area contributed by atoms with Gasteiger partial charge in [0.2, 0.25) is 0 Å². The molecule has 108 valence electrons. The minimum Gasteiger partial charge on any atom is -0.497 e. The Balaban J connectivity index is 2.04. The van der Waals surface area contributed by atoms with Gasteiger partial charge < -0.3 is 14.8 Å². The molecule has 0 fully saturated rings. The maximum Gasteiger partial charge on any atom is 0.174 e. The summed E-state index contributed by atoms with van der Waals surface area (Å²) < 4.78 is 10.5. The molecule has 0 heterocycles. The van der Waals surface area contributed by atoms with Crippen LogP contribution in [0.1, 0.15) is 18.5 Å². The topological polar surface area (TPSA) is 54.3 Å². The third kappa shape index (κ3) is 4.15. The summed E-state index contributed by atoms with van der Waals surface area (Å²) in [5.74, 6) is 1.53. The number of hydrogen-bond donors (Lipinski definition) is 1. The summed E-state index contributed by atoms with van der Waals surface area (Å²) >= 11 is 0. The molecule has 2 aromatic rings. The van der Waals surface area contributed by atoms with Crippen molar-refractivity contribution < 1.29 is 9.47 Å². The lowest BCUT2D eigenvalue weighted by molar-refractivity contribution is 0.368. The summed E-state index contributed by atoms with van der Waals surface area (Å²) in [6.07, 6.45) is 0. The first kappa shape index (κ1) is 14.7. The van der Waals surface area contributed by atoms with Crippen LogP contribution in [0.25, 0.3) is 0 Å². The fourth-order valence-electron chi connectivity index (χ4n) is 2.02. The van der Waals surface area contributed by atoms with E-state index in [0.29, 0.717) is 5.75 Å². The van der Waals surface area contributed by atoms with Gasteiger partial charge in [-0.2, -0.15) is 5.26 Å². The summed E-state index contributed by atoms with van der Waals surface area (Å²) in [5, 5.41) is 11.9. The molecular formula is C17H18N2O2. The van der Waals surface area contributed by atoms with Gasteiger partial charge in [0.05, 0.1) is 7.11 Å². The Kier molecular flexibility index (Phi) is 5.05. The first-order valence-electron chi connectivity index (χ1n) is 6.73. The highest BCUT2D eigenvalue weighted by Crippen LogP contribution is 2.24. The lowest BCUT2D eigenvalue weighted by Gasteiger charge is -2.16. The van der Waals surface area contributed by atoms with Gasteiger partial charge in [-0.05, 0) is 36.8 Å². The van der Waals surface area contributed by atoms with Gasteiger partial charge >= 0.3 is 0 Å². The Morgan fingerprint density at radius 3 is 2.57 bits per heavy atom. The van der Waals surface area contributed by atoms with E-state index in [9.17, 15) is 0 Å². The van der Waals surface area contributed by atoms with Gasteiger partial charge in [0.1, 0.15) is 17.6 Å². The lowest BCUT2D eigenvalue weighted by Crippen LogP contribution is -2.06. The summed E-state index contributed by atoms with van der Waals surface area (Å²) in [6.45, 7) is 2.14. The highest BCUT2D eigenvalue weighted by Gasteiger charge is 2.06. The number of anilines is 1. The molecule has 4 nitrogen and oxygen atoms in total. The smallest absolute Gasteiger partial charge is 0.174 e. The molecule has 1 N–H and O–H groups in total. The van der Waals surface area contributed by atoms with Crippen LogP contribution >= 0.6 is 0 Å². The van der Waals surface area contributed by atoms with Crippen molar-refractivity contribution in [3.05, 3.63) is 54.1 Å². The molecule has 0 saturated heterocycles. The molecule has 0 saturated carbocycles. The minimum absolute atomic E-state index is 0.0531. The first-order valence-corrected chi connectivity index (χ1v) is 6.73. The fourth-order valence-corrected chi connectivity index (χ4v) is 2.02. The Bertz CT molecular complexity index is 617. The van der Waals surface area contributed by atoms with Crippen LogP contribution in [0.2, 0.25) is 0 Å². The normalized spacial score (nSPS) is 11.3. The molecule has 0 aliphatic heterocycles. The predicted octanol–water partition coefficient (Wildman–Crippen LogP) is 3.77. The quantitative estimate of drug-likeness (QED) is 0.876. The third-order valence-electron chi connectivity index (χ3n) is 3.14. The van der Waals surface area contributed by atoms with Gasteiger partial charge in [-0.3, -0.25) is 0 Å². The fraction of sp³-hybridized carbons (Fsp3) is 0.235. The highest BCUT2D eigenvalue weighted by molar-refractivity contribution is 5.50. The zero-order valence-electron chi connectivity index (χ0n) is 12.2. The number of hydrogen-bond acceptors (Lipinski definition) is 4. The van der Waals surface area contributed by atoms with Crippen LogP contribution in [-0.2, 0) is 0 Å². The summed E-state index contributed by atoms with van der Waals surface area (Å²) in [5.41, 5.74) is 2.12. The van der Waals surface area contributed by atoms with E-state index in [-0.39, 0.29) is 12.6 Å². The average molecular weight is 282 g/mol. The highest BCUT2D eigenvalue weighted by atomic mass is 16.5. The molecule has 0 aliphatic rings. The van der Waals surface area contributed by atoms with E-state index >= 15 is 0 Å². The number of rotatable bonds is 6. The minimum atomic E-state index is 0.0531. The van der Waals surface area contributed by atoms with Crippen molar-refractivity contribution in [2.75, 3.05) is 19.0 Å². The van der Waals surface area contributed by atoms with Gasteiger partial charge in [-0.1, -0.05) is 18.2 Å². The van der Waals surface area contributed by atoms with E-state index in [1.165, 1.54) is 5.56 Å². The van der Waals surface area contributed by atoms with Crippen molar-refractivity contribution in [1.82, 2.24) is 0 Å². The second kappa shape index (κ2) is 7.20. The molecule has 0 bridgehead atoms. The lowest BCUT2D eigenvalue weighted by atomic mass is 10.1. The molecular weight excluding hydrogens is 264 g/mol. The molecule has 21 heavy (non-hydrogen) atoms. The third-order valence-corrected chi connectivity index (χ3v) is 3.14. The van der Waals surface area contributed by atoms with Crippen molar-refractivity contribution in [1.29, 1.82) is 5.26 Å². The number of methoxy groups -OCH3 is 1. The van der Waals surface area contributed by atoms with Crippen molar-refractivity contribution in [3.8, 4) is 17.6 Å². The first-order chi connectivity index (χ1) is 10.2. The van der Waals surface area contributed by atoms with E-state index in [4.69, 9.17) is 14.7 Å². The van der Waals surface area contributed by atoms with Crippen LogP contribution in [-0.4, -0.2) is 13.7 Å². The maximum atomic E-state index is 8.53. The van der Waals surface area contributed by atoms with Gasteiger partial charge in [0, 0.05) is 17.8 Å². The van der Waals surface area contributed by atoms with E-state index in [0.717, 1.165) is 11.4 Å². The molecule has 0 amide bonds. The monoisotopic (exact) mass is 282 g/mol. The van der Waals surface area contributed by atoms with Crippen LogP contribution in [0.4, 0.5) is 5.69 Å². The van der Waals surface area contributed by atoms with E-state index < -0.39 is 0 Å². The van der Waals surface area contributed by atoms with Crippen LogP contribution in [0, 0.1) is 11.3 Å². The Morgan fingerprint density at radius 2 is 1.90 bits per heavy atom. The molecule has 2 aromatic carbocycles. The Hall–Kier alpha value is -2.67. The van der Waals surface area contributed by atoms with E-state index in [1.54, 1.807) is 7.11 Å². The largest absolute Gasteiger partial charge is 0.497 e. The van der Waals surface area contributed by atoms with Crippen LogP contribution in [0.15, 0.2) is 48.5 Å². The maximum absolute atomic E-state index is 8.53. The number of benzene rings is 2. The van der Waals surface area contributed by atoms with E-state index in [1.807, 2.05) is 54.6 Å². The summed E-state index contributed by atoms with van der Waals surface area (Å²) in [7, 11) is 1.66. The average Bonchev–Trinajstić information content (AvgIpc) is 2.53. The van der Waals surface area contributed by atoms with Crippen molar-refractivity contribution in [3.63, 3.8) is 0 Å². The van der Waals surface area contributed by atoms with Gasteiger partial charge in [-0.25, -0.2) is 0 Å². The van der Waals surface area contributed by atoms with E-state index in [2.05, 4.69) is 12.2 Å². The Morgan fingerprint density at radius 1 is 1.14 bits per heavy atom. The van der Waals surface area contributed by atoms with Crippen molar-refractivity contribution in [2.45, 2.75) is 13.0 Å². The zero-order chi connectivity index (χ0) is 15.1. The number of nitriles is 1. The molecule has 0 spiro atoms. The predicted molar refractivity (Wildman–Crippen MR) is 82.6 cm³/mol.